The molecule has 0 aromatic carbocycles. The average Bonchev–Trinajstić information content (AvgIpc) is 1.55. The van der Waals surface area contributed by atoms with Crippen molar-refractivity contribution in [3.05, 3.63) is 99.2 Å². The third-order valence-electron chi connectivity index (χ3n) is 38.5. The van der Waals surface area contributed by atoms with Crippen molar-refractivity contribution in [1.82, 2.24) is 0 Å². The van der Waals surface area contributed by atoms with Crippen LogP contribution in [0, 0.1) is 114 Å². The monoisotopic (exact) mass is 1710 g/mol. The summed E-state index contributed by atoms with van der Waals surface area (Å²) in [5, 5.41) is 0. The van der Waals surface area contributed by atoms with Crippen molar-refractivity contribution in [2.75, 3.05) is 0 Å². The third-order valence-corrected chi connectivity index (χ3v) is 38.5. The van der Waals surface area contributed by atoms with Gasteiger partial charge in [-0.25, -0.2) is 38.4 Å². The fourth-order valence-corrected chi connectivity index (χ4v) is 28.6. The minimum absolute atomic E-state index is 0.0606. The first kappa shape index (κ1) is 100. The van der Waals surface area contributed by atoms with Crippen LogP contribution in [0.3, 0.4) is 0 Å². The van der Waals surface area contributed by atoms with E-state index in [2.05, 4.69) is 184 Å². The molecule has 0 aromatic heterocycles. The standard InChI is InChI=1S/2C15H24O2.C14H20O2.2C14H22O2.C12H18O2.C12H20O2.C11H16O2/c1-10(2)12(16)17-15(6)9-11-7-8-14(15,5)13(11,3)4;1-10(2)12(16)17-15(6)13(3,4)11-7-8-14(15,5)9-11;1-3-13(15)16-14(2)8-9-7-12(14)11-6-4-5-10(9)11;1-6-11(15)16-14(5)9-10-7-8-13(14,4)12(10,2)3;1-6-11(15)16-14(5)12(2,3)10-7-8-13(14,4)9-10;1-8(2)11(13)14-12(3)7-9-4-5-10(12)6-9;1-10(2)11(13)14-12(3)8-6-4-5-7-9-12;1-3-10(12)13-11(2)7-8-4-5-9(11)6-8/h2*11H,1,7-9H2,2-6H3;3,9-12H,1,4-8H2,2H3;2*6,10H,1,7-9H2,2-5H3;9-10H,1,4-7H2,2-3H3;1,4-9H2,2-3H3;3,8-9H,1,4-7H2,2H3. The summed E-state index contributed by atoms with van der Waals surface area (Å²) >= 11 is 0. The maximum atomic E-state index is 11.9. The van der Waals surface area contributed by atoms with Crippen molar-refractivity contribution in [2.45, 2.75) is 410 Å². The number of hydrogen-bond acceptors (Lipinski definition) is 16. The Morgan fingerprint density at radius 3 is 1.01 bits per heavy atom. The highest BCUT2D eigenvalue weighted by Gasteiger charge is 2.73. The summed E-state index contributed by atoms with van der Waals surface area (Å²) in [5.41, 5.74) is 0.942. The largest absolute Gasteiger partial charge is 0.456 e. The number of carbonyl (C=O) groups is 8. The smallest absolute Gasteiger partial charge is 0.333 e. The molecule has 23 unspecified atom stereocenters. The zero-order chi connectivity index (χ0) is 92.3. The second-order valence-electron chi connectivity index (χ2n) is 46.7. The van der Waals surface area contributed by atoms with Gasteiger partial charge in [0.2, 0.25) is 0 Å². The van der Waals surface area contributed by atoms with Crippen molar-refractivity contribution in [2.24, 2.45) is 114 Å². The Bertz CT molecular complexity index is 4050. The van der Waals surface area contributed by atoms with Gasteiger partial charge in [-0.3, -0.25) is 0 Å². The molecule has 123 heavy (non-hydrogen) atoms. The van der Waals surface area contributed by atoms with Crippen molar-refractivity contribution in [3.8, 4) is 0 Å². The lowest BCUT2D eigenvalue weighted by Crippen LogP contribution is -2.54. The molecular formula is C107H166O16. The maximum absolute atomic E-state index is 11.9. The normalized spacial score (nSPS) is 41.0. The molecular weight excluding hydrogens is 1540 g/mol. The van der Waals surface area contributed by atoms with Crippen LogP contribution in [0.5, 0.6) is 0 Å². The minimum Gasteiger partial charge on any atom is -0.456 e. The van der Waals surface area contributed by atoms with Gasteiger partial charge < -0.3 is 37.9 Å². The first-order chi connectivity index (χ1) is 56.6. The fraction of sp³-hybridized carbons (Fsp3) is 0.776. The lowest BCUT2D eigenvalue weighted by atomic mass is 9.61. The predicted octanol–water partition coefficient (Wildman–Crippen LogP) is 25.2. The number of fused-ring (bicyclic) bond motifs is 17. The Labute approximate surface area is 743 Å². The summed E-state index contributed by atoms with van der Waals surface area (Å²) in [6.45, 7) is 79.4. The molecule has 0 spiro atoms. The van der Waals surface area contributed by atoms with Crippen LogP contribution < -0.4 is 0 Å². The van der Waals surface area contributed by atoms with Gasteiger partial charge in [-0.15, -0.1) is 0 Å². The van der Waals surface area contributed by atoms with Crippen LogP contribution in [0.15, 0.2) is 99.2 Å². The molecule has 0 amide bonds. The molecule has 16 aliphatic rings. The average molecular weight is 1710 g/mol. The Morgan fingerprint density at radius 2 is 0.642 bits per heavy atom. The Hall–Kier alpha value is -6.32. The number of hydrogen-bond donors (Lipinski definition) is 0. The van der Waals surface area contributed by atoms with Crippen molar-refractivity contribution in [1.29, 1.82) is 0 Å². The van der Waals surface area contributed by atoms with E-state index in [1.807, 2.05) is 6.92 Å². The van der Waals surface area contributed by atoms with Crippen LogP contribution in [0.25, 0.3) is 0 Å². The Morgan fingerprint density at radius 1 is 0.293 bits per heavy atom. The molecule has 0 N–H and O–H groups in total. The molecule has 16 rings (SSSR count). The molecule has 16 fully saturated rings. The maximum Gasteiger partial charge on any atom is 0.333 e. The summed E-state index contributed by atoms with van der Waals surface area (Å²) in [5.74, 6) is 6.69. The van der Waals surface area contributed by atoms with Crippen molar-refractivity contribution >= 4 is 47.8 Å². The molecule has 0 heterocycles. The molecule has 0 aromatic rings. The van der Waals surface area contributed by atoms with E-state index in [0.717, 1.165) is 87.4 Å². The van der Waals surface area contributed by atoms with Gasteiger partial charge >= 0.3 is 47.8 Å². The van der Waals surface area contributed by atoms with Crippen LogP contribution in [0.4, 0.5) is 0 Å². The topological polar surface area (TPSA) is 210 Å². The first-order valence-corrected chi connectivity index (χ1v) is 47.6. The van der Waals surface area contributed by atoms with Gasteiger partial charge in [0, 0.05) is 85.0 Å². The molecule has 0 saturated heterocycles. The van der Waals surface area contributed by atoms with Crippen molar-refractivity contribution < 1.29 is 76.3 Å². The molecule has 16 saturated carbocycles. The second-order valence-corrected chi connectivity index (χ2v) is 46.7. The molecule has 14 bridgehead atoms. The van der Waals surface area contributed by atoms with Gasteiger partial charge in [-0.1, -0.05) is 155 Å². The minimum atomic E-state index is -0.362. The lowest BCUT2D eigenvalue weighted by molar-refractivity contribution is -0.189. The number of rotatable bonds is 16. The molecule has 16 heteroatoms. The van der Waals surface area contributed by atoms with Gasteiger partial charge in [-0.05, 0) is 339 Å². The number of carbonyl (C=O) groups excluding carboxylic acids is 8. The van der Waals surface area contributed by atoms with E-state index < -0.39 is 0 Å². The highest BCUT2D eigenvalue weighted by Crippen LogP contribution is 2.74. The fourth-order valence-electron chi connectivity index (χ4n) is 28.6. The highest BCUT2D eigenvalue weighted by molar-refractivity contribution is 5.89. The summed E-state index contributed by atoms with van der Waals surface area (Å²) in [6.07, 6.45) is 42.3. The number of ether oxygens (including phenoxy) is 8. The van der Waals surface area contributed by atoms with E-state index in [4.69, 9.17) is 37.9 Å². The molecule has 690 valence electrons. The first-order valence-electron chi connectivity index (χ1n) is 47.6. The number of esters is 8. The van der Waals surface area contributed by atoms with Gasteiger partial charge in [0.05, 0.1) is 0 Å². The zero-order valence-electron chi connectivity index (χ0n) is 81.3. The van der Waals surface area contributed by atoms with Gasteiger partial charge in [0.1, 0.15) is 44.8 Å². The van der Waals surface area contributed by atoms with Crippen molar-refractivity contribution in [3.63, 3.8) is 0 Å². The Kier molecular flexibility index (Phi) is 29.7. The molecule has 16 aliphatic carbocycles. The molecule has 0 aliphatic heterocycles. The van der Waals surface area contributed by atoms with Gasteiger partial charge in [0.15, 0.2) is 0 Å². The summed E-state index contributed by atoms with van der Waals surface area (Å²) in [4.78, 5) is 92.1. The Balaban J connectivity index is 0.000000160. The van der Waals surface area contributed by atoms with E-state index in [0.29, 0.717) is 63.7 Å². The van der Waals surface area contributed by atoms with E-state index in [1.165, 1.54) is 166 Å². The van der Waals surface area contributed by atoms with E-state index >= 15 is 0 Å². The SMILES string of the molecule is C=C(C)C(=O)OC1(C)C2(C)CCC(C2)C1(C)C.C=C(C)C(=O)OC1(C)CC2CCC1(C)C2(C)C.C=C(C)C(=O)OC1(C)CC2CCC1C2.C=C(C)C(=O)OC1(C)CCCCCC1.C=CC(=O)OC1(C)C2(C)CCC(C2)C1(C)C.C=CC(=O)OC1(C)CC2CC1C1CCCC21.C=CC(=O)OC1(C)CC2CCC1(C)C2(C)C.C=CC(=O)OC1(C)CC2CCC1C2. The molecule has 23 atom stereocenters. The summed E-state index contributed by atoms with van der Waals surface area (Å²) in [7, 11) is 0. The molecule has 16 nitrogen and oxygen atoms in total. The van der Waals surface area contributed by atoms with E-state index in [1.54, 1.807) is 27.7 Å². The van der Waals surface area contributed by atoms with Gasteiger partial charge in [0.25, 0.3) is 0 Å². The second kappa shape index (κ2) is 36.3. The third kappa shape index (κ3) is 18.8. The summed E-state index contributed by atoms with van der Waals surface area (Å²) in [6, 6.07) is 0. The van der Waals surface area contributed by atoms with Gasteiger partial charge in [-0.2, -0.15) is 0 Å². The quantitative estimate of drug-likeness (QED) is 0.0609. The van der Waals surface area contributed by atoms with Crippen LogP contribution in [0.2, 0.25) is 0 Å². The molecule has 0 radical (unpaired) electrons. The predicted molar refractivity (Wildman–Crippen MR) is 489 cm³/mol. The highest BCUT2D eigenvalue weighted by atomic mass is 16.6. The van der Waals surface area contributed by atoms with Crippen LogP contribution in [0.1, 0.15) is 365 Å². The zero-order valence-corrected chi connectivity index (χ0v) is 81.3. The van der Waals surface area contributed by atoms with Crippen LogP contribution in [-0.4, -0.2) is 92.6 Å². The van der Waals surface area contributed by atoms with E-state index in [9.17, 15) is 38.4 Å². The van der Waals surface area contributed by atoms with E-state index in [-0.39, 0.29) is 136 Å². The van der Waals surface area contributed by atoms with Crippen LogP contribution in [-0.2, 0) is 76.3 Å². The van der Waals surface area contributed by atoms with Crippen LogP contribution >= 0.6 is 0 Å². The lowest BCUT2D eigenvalue weighted by Gasteiger charge is -2.51. The summed E-state index contributed by atoms with van der Waals surface area (Å²) < 4.78 is 45.2.